The lowest BCUT2D eigenvalue weighted by molar-refractivity contribution is -0.902. The van der Waals surface area contributed by atoms with Gasteiger partial charge in [-0.1, -0.05) is 51.8 Å². The maximum absolute atomic E-state index is 11.9. The zero-order valence-electron chi connectivity index (χ0n) is 15.9. The van der Waals surface area contributed by atoms with Crippen LogP contribution >= 0.6 is 27.5 Å². The molecule has 1 N–H and O–H groups in total. The van der Waals surface area contributed by atoms with E-state index in [0.717, 1.165) is 11.9 Å². The molecule has 11 heteroatoms. The Bertz CT molecular complexity index is 1060. The fourth-order valence-electron chi connectivity index (χ4n) is 3.20. The highest BCUT2D eigenvalue weighted by Gasteiger charge is 2.29. The van der Waals surface area contributed by atoms with E-state index in [0.29, 0.717) is 17.6 Å². The van der Waals surface area contributed by atoms with Crippen molar-refractivity contribution < 1.29 is 18.9 Å². The summed E-state index contributed by atoms with van der Waals surface area (Å²) in [6.45, 7) is 1.81. The van der Waals surface area contributed by atoms with E-state index in [2.05, 4.69) is 57.3 Å². The van der Waals surface area contributed by atoms with Crippen LogP contribution in [0.25, 0.3) is 11.0 Å². The fraction of sp³-hybridized carbons (Fsp3) is 0.333. The predicted octanol–water partition coefficient (Wildman–Crippen LogP) is 3.61. The number of nitrogens with zero attached hydrogens (tertiary/aromatic N) is 4. The number of nitro benzene ring substituents is 1. The smallest absolute Gasteiger partial charge is 0.315 e. The van der Waals surface area contributed by atoms with Crippen LogP contribution in [0.1, 0.15) is 11.1 Å². The van der Waals surface area contributed by atoms with Gasteiger partial charge in [-0.15, -0.1) is 0 Å². The number of benzene rings is 2. The number of alkyl halides is 1. The molecule has 1 aromatic heterocycles. The van der Waals surface area contributed by atoms with E-state index in [9.17, 15) is 15.3 Å². The molecule has 2 aromatic carbocycles. The molecule has 0 spiro atoms. The van der Waals surface area contributed by atoms with E-state index in [1.807, 2.05) is 12.1 Å². The molecule has 0 saturated heterocycles. The lowest BCUT2D eigenvalue weighted by atomic mass is 10.1. The zero-order valence-corrected chi connectivity index (χ0v) is 18.2. The monoisotopic (exact) mass is 484 g/mol. The van der Waals surface area contributed by atoms with Gasteiger partial charge in [0, 0.05) is 22.1 Å². The van der Waals surface area contributed by atoms with Crippen LogP contribution < -0.4 is 10.2 Å². The Morgan fingerprint density at radius 2 is 2.03 bits per heavy atom. The molecule has 0 fully saturated rings. The van der Waals surface area contributed by atoms with Crippen LogP contribution in [-0.2, 0) is 11.9 Å². The van der Waals surface area contributed by atoms with Crippen molar-refractivity contribution >= 4 is 49.9 Å². The van der Waals surface area contributed by atoms with Crippen LogP contribution in [0.5, 0.6) is 0 Å². The Kier molecular flexibility index (Phi) is 6.25. The predicted molar refractivity (Wildman–Crippen MR) is 113 cm³/mol. The minimum Gasteiger partial charge on any atom is -0.370 e. The Morgan fingerprint density at radius 1 is 1.34 bits per heavy atom. The van der Waals surface area contributed by atoms with Crippen LogP contribution in [0.2, 0.25) is 5.02 Å². The molecule has 0 atom stereocenters. The Morgan fingerprint density at radius 3 is 2.69 bits per heavy atom. The topological polar surface area (TPSA) is 108 Å². The summed E-state index contributed by atoms with van der Waals surface area (Å²) < 4.78 is 5.21. The van der Waals surface area contributed by atoms with E-state index in [-0.39, 0.29) is 32.3 Å². The number of likely N-dealkylation sites (N-methyl/N-ethyl adjacent to an activating group) is 1. The van der Waals surface area contributed by atoms with E-state index < -0.39 is 4.92 Å². The third-order valence-corrected chi connectivity index (χ3v) is 5.56. The molecule has 0 aliphatic rings. The number of nitrogens with one attached hydrogen (secondary N) is 1. The molecular formula is C18H20BrClN5O4+. The second-order valence-corrected chi connectivity index (χ2v) is 8.25. The van der Waals surface area contributed by atoms with Crippen LogP contribution in [0.3, 0.4) is 0 Å². The number of anilines is 1. The van der Waals surface area contributed by atoms with Crippen molar-refractivity contribution in [2.24, 2.45) is 0 Å². The molecule has 3 rings (SSSR count). The van der Waals surface area contributed by atoms with Crippen molar-refractivity contribution in [2.75, 3.05) is 32.5 Å². The molecule has 9 nitrogen and oxygen atoms in total. The zero-order chi connectivity index (χ0) is 21.2. The summed E-state index contributed by atoms with van der Waals surface area (Å²) in [7, 11) is 4.14. The van der Waals surface area contributed by atoms with E-state index in [1.54, 1.807) is 0 Å². The summed E-state index contributed by atoms with van der Waals surface area (Å²) in [5.74, 6) is 0. The number of fused-ring (bicyclic) bond motifs is 1. The molecule has 1 heterocycles. The summed E-state index contributed by atoms with van der Waals surface area (Å²) in [4.78, 5) is 11.0. The number of hydrogen-bond donors (Lipinski definition) is 1. The van der Waals surface area contributed by atoms with Crippen molar-refractivity contribution in [3.63, 3.8) is 0 Å². The third kappa shape index (κ3) is 4.60. The molecule has 0 aliphatic carbocycles. The first kappa shape index (κ1) is 21.3. The molecule has 0 radical (unpaired) electrons. The minimum atomic E-state index is -0.622. The van der Waals surface area contributed by atoms with E-state index in [4.69, 9.17) is 11.6 Å². The Balaban J connectivity index is 1.81. The standard InChI is InChI=1S/C18H20BrClN5O4/c1-25(2,11-13-6-4-3-5-12(13)10-19)8-7-21-16-17(23(26)27)14(20)9-15-18(16)24(28)29-22-15/h3-6,9,21H,7-8,10-11H2,1-2H3/q+1. The van der Waals surface area contributed by atoms with Gasteiger partial charge < -0.3 is 15.0 Å². The van der Waals surface area contributed by atoms with Gasteiger partial charge in [0.2, 0.25) is 0 Å². The molecule has 154 valence electrons. The number of aromatic nitrogens is 2. The van der Waals surface area contributed by atoms with E-state index in [1.165, 1.54) is 17.2 Å². The van der Waals surface area contributed by atoms with Crippen molar-refractivity contribution in [3.8, 4) is 0 Å². The SMILES string of the molecule is C[N+](C)(CCNc1c([N+](=O)[O-])c(Cl)cc2no[n+]([O-])c12)Cc1ccccc1CBr. The van der Waals surface area contributed by atoms with Gasteiger partial charge in [-0.2, -0.15) is 0 Å². The first-order valence-electron chi connectivity index (χ1n) is 8.78. The molecule has 0 unspecified atom stereocenters. The second kappa shape index (κ2) is 8.52. The van der Waals surface area contributed by atoms with Gasteiger partial charge in [-0.3, -0.25) is 14.7 Å². The lowest BCUT2D eigenvalue weighted by Gasteiger charge is -2.30. The van der Waals surface area contributed by atoms with Gasteiger partial charge in [0.15, 0.2) is 5.69 Å². The third-order valence-electron chi connectivity index (χ3n) is 4.66. The van der Waals surface area contributed by atoms with Gasteiger partial charge in [-0.05, 0) is 10.5 Å². The average Bonchev–Trinajstić information content (AvgIpc) is 3.01. The minimum absolute atomic E-state index is 0.00890. The molecule has 0 aliphatic heterocycles. The molecule has 29 heavy (non-hydrogen) atoms. The largest absolute Gasteiger partial charge is 0.370 e. The maximum Gasteiger partial charge on any atom is 0.315 e. The number of nitro groups is 1. The van der Waals surface area contributed by atoms with Crippen molar-refractivity contribution in [2.45, 2.75) is 11.9 Å². The summed E-state index contributed by atoms with van der Waals surface area (Å²) in [6, 6.07) is 9.42. The summed E-state index contributed by atoms with van der Waals surface area (Å²) in [6.07, 6.45) is 0. The van der Waals surface area contributed by atoms with Gasteiger partial charge in [0.25, 0.3) is 11.0 Å². The molecular weight excluding hydrogens is 466 g/mol. The van der Waals surface area contributed by atoms with Gasteiger partial charge in [0.05, 0.1) is 32.1 Å². The highest BCUT2D eigenvalue weighted by molar-refractivity contribution is 9.08. The summed E-state index contributed by atoms with van der Waals surface area (Å²) >= 11 is 9.55. The van der Waals surface area contributed by atoms with Gasteiger partial charge >= 0.3 is 5.69 Å². The average molecular weight is 486 g/mol. The fourth-order valence-corrected chi connectivity index (χ4v) is 4.02. The quantitative estimate of drug-likeness (QED) is 0.172. The highest BCUT2D eigenvalue weighted by atomic mass is 79.9. The Labute approximate surface area is 180 Å². The maximum atomic E-state index is 11.9. The summed E-state index contributed by atoms with van der Waals surface area (Å²) in [5, 5.41) is 30.7. The number of halogens is 2. The summed E-state index contributed by atoms with van der Waals surface area (Å²) in [5.41, 5.74) is 2.18. The van der Waals surface area contributed by atoms with Crippen molar-refractivity contribution in [1.82, 2.24) is 5.16 Å². The van der Waals surface area contributed by atoms with Crippen LogP contribution in [0.15, 0.2) is 35.0 Å². The van der Waals surface area contributed by atoms with Crippen LogP contribution in [0.4, 0.5) is 11.4 Å². The lowest BCUT2D eigenvalue weighted by Crippen LogP contribution is -2.42. The molecule has 0 amide bonds. The van der Waals surface area contributed by atoms with Gasteiger partial charge in [-0.25, -0.2) is 0 Å². The van der Waals surface area contributed by atoms with Crippen LogP contribution in [-0.4, -0.2) is 41.7 Å². The molecule has 0 saturated carbocycles. The van der Waals surface area contributed by atoms with Crippen LogP contribution in [0, 0.1) is 15.3 Å². The molecule has 0 bridgehead atoms. The molecule has 3 aromatic rings. The van der Waals surface area contributed by atoms with Crippen molar-refractivity contribution in [3.05, 3.63) is 61.8 Å². The second-order valence-electron chi connectivity index (χ2n) is 7.28. The van der Waals surface area contributed by atoms with Crippen molar-refractivity contribution in [1.29, 1.82) is 0 Å². The Hall–Kier alpha value is -2.43. The number of rotatable bonds is 8. The first-order chi connectivity index (χ1) is 13.7. The van der Waals surface area contributed by atoms with Gasteiger partial charge in [0.1, 0.15) is 11.6 Å². The van der Waals surface area contributed by atoms with E-state index >= 15 is 0 Å². The number of quaternary nitrogens is 1. The number of hydrogen-bond acceptors (Lipinski definition) is 6. The normalized spacial score (nSPS) is 11.7. The first-order valence-corrected chi connectivity index (χ1v) is 10.3. The highest BCUT2D eigenvalue weighted by Crippen LogP contribution is 2.37.